The number of phenols is 1. The molecule has 0 saturated carbocycles. The lowest BCUT2D eigenvalue weighted by molar-refractivity contribution is -0.118. The van der Waals surface area contributed by atoms with Crippen LogP contribution in [0.25, 0.3) is 15.9 Å². The number of carbonyl (C=O) groups excluding carboxylic acids is 1. The number of aromatic hydroxyl groups is 1. The van der Waals surface area contributed by atoms with E-state index in [1.54, 1.807) is 34.1 Å². The number of hydrogen-bond acceptors (Lipinski definition) is 7. The molecule has 6 nitrogen and oxygen atoms in total. The summed E-state index contributed by atoms with van der Waals surface area (Å²) in [6.07, 6.45) is 0.745. The van der Waals surface area contributed by atoms with Crippen LogP contribution in [0.15, 0.2) is 45.7 Å². The van der Waals surface area contributed by atoms with Crippen LogP contribution < -0.4 is 10.9 Å². The zero-order valence-corrected chi connectivity index (χ0v) is 20.4. The highest BCUT2D eigenvalue weighted by Crippen LogP contribution is 2.31. The molecule has 166 valence electrons. The maximum atomic E-state index is 13.7. The van der Waals surface area contributed by atoms with Crippen molar-refractivity contribution < 1.29 is 9.90 Å². The van der Waals surface area contributed by atoms with Crippen molar-refractivity contribution in [1.29, 1.82) is 0 Å². The van der Waals surface area contributed by atoms with Crippen LogP contribution >= 0.6 is 34.4 Å². The summed E-state index contributed by atoms with van der Waals surface area (Å²) in [7, 11) is 0. The minimum atomic E-state index is -0.147. The van der Waals surface area contributed by atoms with Crippen molar-refractivity contribution in [3.8, 4) is 11.4 Å². The number of phenolic OH excluding ortho intramolecular Hbond substituents is 1. The predicted octanol–water partition coefficient (Wildman–Crippen LogP) is 4.80. The van der Waals surface area contributed by atoms with Crippen LogP contribution in [0, 0.1) is 13.8 Å². The van der Waals surface area contributed by atoms with Crippen LogP contribution in [0.3, 0.4) is 0 Å². The Labute approximate surface area is 198 Å². The van der Waals surface area contributed by atoms with Gasteiger partial charge in [-0.2, -0.15) is 0 Å². The third-order valence-corrected chi connectivity index (χ3v) is 8.00. The molecule has 0 aliphatic rings. The van der Waals surface area contributed by atoms with Crippen molar-refractivity contribution in [2.45, 2.75) is 38.9 Å². The number of amides is 1. The molecule has 0 saturated heterocycles. The molecule has 0 spiro atoms. The molecule has 4 aromatic rings. The fourth-order valence-electron chi connectivity index (χ4n) is 3.60. The molecule has 0 aliphatic heterocycles. The minimum absolute atomic E-state index is 0.122. The van der Waals surface area contributed by atoms with Gasteiger partial charge in [0.25, 0.3) is 5.56 Å². The van der Waals surface area contributed by atoms with Crippen LogP contribution in [-0.4, -0.2) is 26.3 Å². The second-order valence-corrected chi connectivity index (χ2v) is 10.5. The number of hydrogen-bond donors (Lipinski definition) is 2. The fraction of sp³-hybridized carbons (Fsp3) is 0.261. The van der Waals surface area contributed by atoms with Gasteiger partial charge in [-0.25, -0.2) is 4.98 Å². The number of carbonyl (C=O) groups is 1. The van der Waals surface area contributed by atoms with Crippen molar-refractivity contribution in [2.75, 3.05) is 5.75 Å². The number of fused-ring (bicyclic) bond motifs is 1. The second kappa shape index (κ2) is 9.48. The highest BCUT2D eigenvalue weighted by molar-refractivity contribution is 7.99. The quantitative estimate of drug-likeness (QED) is 0.290. The summed E-state index contributed by atoms with van der Waals surface area (Å²) in [5, 5.41) is 15.8. The van der Waals surface area contributed by atoms with Crippen LogP contribution in [0.2, 0.25) is 0 Å². The molecule has 0 aliphatic carbocycles. The van der Waals surface area contributed by atoms with Gasteiger partial charge in [0.2, 0.25) is 5.91 Å². The van der Waals surface area contributed by atoms with Gasteiger partial charge in [0, 0.05) is 9.75 Å². The summed E-state index contributed by atoms with van der Waals surface area (Å²) >= 11 is 4.34. The van der Waals surface area contributed by atoms with E-state index in [1.807, 2.05) is 38.3 Å². The number of aryl methyl sites for hydroxylation is 3. The minimum Gasteiger partial charge on any atom is -0.508 e. The first kappa shape index (κ1) is 22.6. The molecule has 4 rings (SSSR count). The number of thiophene rings is 2. The van der Waals surface area contributed by atoms with Gasteiger partial charge in [0.15, 0.2) is 5.16 Å². The number of benzene rings is 1. The van der Waals surface area contributed by atoms with E-state index in [9.17, 15) is 14.7 Å². The van der Waals surface area contributed by atoms with E-state index in [0.717, 1.165) is 27.3 Å². The smallest absolute Gasteiger partial charge is 0.267 e. The lowest BCUT2D eigenvalue weighted by Crippen LogP contribution is -2.26. The van der Waals surface area contributed by atoms with Crippen molar-refractivity contribution in [1.82, 2.24) is 14.9 Å². The van der Waals surface area contributed by atoms with Crippen LogP contribution in [0.5, 0.6) is 5.75 Å². The average Bonchev–Trinajstić information content (AvgIpc) is 3.38. The largest absolute Gasteiger partial charge is 0.508 e. The summed E-state index contributed by atoms with van der Waals surface area (Å²) in [4.78, 5) is 33.8. The molecule has 0 radical (unpaired) electrons. The molecule has 32 heavy (non-hydrogen) atoms. The van der Waals surface area contributed by atoms with Gasteiger partial charge < -0.3 is 10.4 Å². The molecule has 0 bridgehead atoms. The van der Waals surface area contributed by atoms with E-state index in [0.29, 0.717) is 27.6 Å². The van der Waals surface area contributed by atoms with Gasteiger partial charge in [-0.1, -0.05) is 24.8 Å². The Morgan fingerprint density at radius 1 is 1.28 bits per heavy atom. The second-order valence-electron chi connectivity index (χ2n) is 7.32. The normalized spacial score (nSPS) is 11.2. The summed E-state index contributed by atoms with van der Waals surface area (Å²) in [6.45, 7) is 6.36. The molecule has 1 amide bonds. The lowest BCUT2D eigenvalue weighted by atomic mass is 10.1. The SMILES string of the molecule is CCc1c(C)sc2nc(SCC(=O)NCc3cccs3)n(-c3ccc(O)cc3C)c(=O)c12. The van der Waals surface area contributed by atoms with E-state index < -0.39 is 0 Å². The topological polar surface area (TPSA) is 84.2 Å². The Bertz CT molecular complexity index is 1340. The first-order chi connectivity index (χ1) is 15.4. The Morgan fingerprint density at radius 3 is 2.78 bits per heavy atom. The third-order valence-electron chi connectivity index (χ3n) is 5.14. The van der Waals surface area contributed by atoms with E-state index in [-0.39, 0.29) is 23.0 Å². The molecule has 0 unspecified atom stereocenters. The highest BCUT2D eigenvalue weighted by atomic mass is 32.2. The fourth-order valence-corrected chi connectivity index (χ4v) is 6.24. The van der Waals surface area contributed by atoms with E-state index in [1.165, 1.54) is 23.1 Å². The summed E-state index contributed by atoms with van der Waals surface area (Å²) < 4.78 is 1.57. The number of aromatic nitrogens is 2. The lowest BCUT2D eigenvalue weighted by Gasteiger charge is -2.15. The monoisotopic (exact) mass is 485 g/mol. The molecule has 3 heterocycles. The molecule has 0 atom stereocenters. The van der Waals surface area contributed by atoms with Gasteiger partial charge in [0.1, 0.15) is 10.6 Å². The number of thioether (sulfide) groups is 1. The third kappa shape index (κ3) is 4.46. The van der Waals surface area contributed by atoms with Crippen molar-refractivity contribution >= 4 is 50.6 Å². The molecular weight excluding hydrogens is 462 g/mol. The zero-order valence-electron chi connectivity index (χ0n) is 18.0. The van der Waals surface area contributed by atoms with Gasteiger partial charge in [0.05, 0.1) is 23.4 Å². The van der Waals surface area contributed by atoms with E-state index in [4.69, 9.17) is 4.98 Å². The van der Waals surface area contributed by atoms with Gasteiger partial charge in [-0.3, -0.25) is 14.2 Å². The van der Waals surface area contributed by atoms with Gasteiger partial charge in [-0.05, 0) is 61.0 Å². The molecule has 9 heteroatoms. The van der Waals surface area contributed by atoms with Crippen LogP contribution in [0.4, 0.5) is 0 Å². The molecule has 1 aromatic carbocycles. The van der Waals surface area contributed by atoms with Gasteiger partial charge >= 0.3 is 0 Å². The Morgan fingerprint density at radius 2 is 2.09 bits per heavy atom. The van der Waals surface area contributed by atoms with E-state index >= 15 is 0 Å². The molecule has 3 aromatic heterocycles. The predicted molar refractivity (Wildman–Crippen MR) is 133 cm³/mol. The summed E-state index contributed by atoms with van der Waals surface area (Å²) in [6, 6.07) is 8.81. The molecule has 2 N–H and O–H groups in total. The number of nitrogens with zero attached hydrogens (tertiary/aromatic N) is 2. The van der Waals surface area contributed by atoms with Gasteiger partial charge in [-0.15, -0.1) is 22.7 Å². The first-order valence-corrected chi connectivity index (χ1v) is 12.8. The molecular formula is C23H23N3O3S3. The Hall–Kier alpha value is -2.62. The van der Waals surface area contributed by atoms with Crippen molar-refractivity contribution in [2.24, 2.45) is 0 Å². The van der Waals surface area contributed by atoms with Crippen LogP contribution in [0.1, 0.15) is 27.8 Å². The zero-order chi connectivity index (χ0) is 22.8. The number of nitrogens with one attached hydrogen (secondary N) is 1. The summed E-state index contributed by atoms with van der Waals surface area (Å²) in [5.74, 6) is 0.158. The standard InChI is InChI=1S/C23H23N3O3S3/c1-4-17-14(3)32-21-20(17)22(29)26(18-8-7-15(27)10-13(18)2)23(25-21)31-12-19(28)24-11-16-6-5-9-30-16/h5-10,27H,4,11-12H2,1-3H3,(H,24,28). The van der Waals surface area contributed by atoms with Crippen molar-refractivity contribution in [3.63, 3.8) is 0 Å². The first-order valence-electron chi connectivity index (χ1n) is 10.2. The maximum absolute atomic E-state index is 13.7. The molecule has 0 fully saturated rings. The van der Waals surface area contributed by atoms with E-state index in [2.05, 4.69) is 5.32 Å². The van der Waals surface area contributed by atoms with Crippen molar-refractivity contribution in [3.05, 3.63) is 66.9 Å². The average molecular weight is 486 g/mol. The Balaban J connectivity index is 1.73. The summed E-state index contributed by atoms with van der Waals surface area (Å²) in [5.41, 5.74) is 2.27. The highest BCUT2D eigenvalue weighted by Gasteiger charge is 2.20. The van der Waals surface area contributed by atoms with Crippen LogP contribution in [-0.2, 0) is 17.8 Å². The Kier molecular flexibility index (Phi) is 6.68. The number of rotatable bonds is 7. The maximum Gasteiger partial charge on any atom is 0.267 e.